The van der Waals surface area contributed by atoms with Crippen molar-refractivity contribution < 1.29 is 13.9 Å². The van der Waals surface area contributed by atoms with Crippen molar-refractivity contribution in [1.29, 1.82) is 0 Å². The van der Waals surface area contributed by atoms with Crippen molar-refractivity contribution >= 4 is 5.91 Å². The Kier molecular flexibility index (Phi) is 4.29. The summed E-state index contributed by atoms with van der Waals surface area (Å²) in [7, 11) is 0. The van der Waals surface area contributed by atoms with Gasteiger partial charge in [0.05, 0.1) is 5.92 Å². The first-order valence-corrected chi connectivity index (χ1v) is 7.07. The van der Waals surface area contributed by atoms with E-state index in [0.29, 0.717) is 18.2 Å². The summed E-state index contributed by atoms with van der Waals surface area (Å²) in [5, 5.41) is 5.94. The molecule has 3 rings (SSSR count). The zero-order valence-corrected chi connectivity index (χ0v) is 11.9. The molecular weight excluding hydrogens is 285 g/mol. The molecule has 0 bridgehead atoms. The molecule has 2 aromatic rings. The fraction of sp³-hybridized carbons (Fsp3) is 0.250. The zero-order valence-electron chi connectivity index (χ0n) is 11.9. The molecule has 1 aliphatic heterocycles. The molecule has 2 heterocycles. The van der Waals surface area contributed by atoms with E-state index in [9.17, 15) is 9.18 Å². The molecule has 1 amide bonds. The van der Waals surface area contributed by atoms with Crippen LogP contribution in [-0.2, 0) is 11.3 Å². The highest BCUT2D eigenvalue weighted by Gasteiger charge is 2.24. The van der Waals surface area contributed by atoms with Crippen molar-refractivity contribution in [1.82, 2.24) is 15.6 Å². The summed E-state index contributed by atoms with van der Waals surface area (Å²) in [6.07, 6.45) is 1.65. The third-order valence-corrected chi connectivity index (χ3v) is 3.45. The maximum atomic E-state index is 12.8. The second kappa shape index (κ2) is 6.53. The average molecular weight is 301 g/mol. The third-order valence-electron chi connectivity index (χ3n) is 3.45. The monoisotopic (exact) mass is 301 g/mol. The van der Waals surface area contributed by atoms with Crippen molar-refractivity contribution in [2.24, 2.45) is 5.92 Å². The number of ether oxygens (including phenoxy) is 1. The number of benzene rings is 1. The topological polar surface area (TPSA) is 63.2 Å². The molecule has 1 fully saturated rings. The molecule has 0 spiro atoms. The van der Waals surface area contributed by atoms with Gasteiger partial charge in [0.2, 0.25) is 11.8 Å². The number of rotatable bonds is 5. The Bertz CT molecular complexity index is 639. The van der Waals surface area contributed by atoms with Crippen LogP contribution in [0.5, 0.6) is 11.6 Å². The van der Waals surface area contributed by atoms with E-state index >= 15 is 0 Å². The van der Waals surface area contributed by atoms with Crippen LogP contribution in [0.3, 0.4) is 0 Å². The summed E-state index contributed by atoms with van der Waals surface area (Å²) in [5.74, 6) is 0.768. The Morgan fingerprint density at radius 1 is 1.27 bits per heavy atom. The fourth-order valence-electron chi connectivity index (χ4n) is 2.01. The molecule has 22 heavy (non-hydrogen) atoms. The normalized spacial score (nSPS) is 14.2. The van der Waals surface area contributed by atoms with Crippen LogP contribution >= 0.6 is 0 Å². The van der Waals surface area contributed by atoms with E-state index in [4.69, 9.17) is 4.74 Å². The number of nitrogens with one attached hydrogen (secondary N) is 2. The predicted octanol–water partition coefficient (Wildman–Crippen LogP) is 1.85. The summed E-state index contributed by atoms with van der Waals surface area (Å²) < 4.78 is 18.3. The molecule has 0 saturated carbocycles. The van der Waals surface area contributed by atoms with Crippen LogP contribution in [0, 0.1) is 11.7 Å². The van der Waals surface area contributed by atoms with Crippen LogP contribution in [0.4, 0.5) is 4.39 Å². The van der Waals surface area contributed by atoms with Gasteiger partial charge in [-0.25, -0.2) is 9.37 Å². The van der Waals surface area contributed by atoms with Crippen LogP contribution in [0.1, 0.15) is 5.56 Å². The van der Waals surface area contributed by atoms with Crippen LogP contribution in [0.25, 0.3) is 0 Å². The van der Waals surface area contributed by atoms with Gasteiger partial charge in [0.1, 0.15) is 11.6 Å². The first-order chi connectivity index (χ1) is 10.7. The molecule has 114 valence electrons. The lowest BCUT2D eigenvalue weighted by molar-refractivity contribution is -0.126. The Balaban J connectivity index is 1.53. The number of amides is 1. The van der Waals surface area contributed by atoms with Gasteiger partial charge in [0, 0.05) is 31.9 Å². The van der Waals surface area contributed by atoms with Gasteiger partial charge in [0.15, 0.2) is 0 Å². The molecule has 1 aromatic heterocycles. The lowest BCUT2D eigenvalue weighted by Crippen LogP contribution is -2.50. The summed E-state index contributed by atoms with van der Waals surface area (Å²) in [6, 6.07) is 9.29. The molecule has 6 heteroatoms. The summed E-state index contributed by atoms with van der Waals surface area (Å²) >= 11 is 0. The number of hydrogen-bond acceptors (Lipinski definition) is 4. The van der Waals surface area contributed by atoms with E-state index in [-0.39, 0.29) is 17.6 Å². The number of hydrogen-bond donors (Lipinski definition) is 2. The third kappa shape index (κ3) is 3.59. The minimum absolute atomic E-state index is 0.0605. The highest BCUT2D eigenvalue weighted by molar-refractivity contribution is 5.79. The van der Waals surface area contributed by atoms with Crippen molar-refractivity contribution in [2.75, 3.05) is 13.1 Å². The molecule has 1 aromatic carbocycles. The van der Waals surface area contributed by atoms with Gasteiger partial charge in [0.25, 0.3) is 0 Å². The van der Waals surface area contributed by atoms with Gasteiger partial charge in [-0.05, 0) is 29.8 Å². The predicted molar refractivity (Wildman–Crippen MR) is 78.9 cm³/mol. The molecule has 0 unspecified atom stereocenters. The van der Waals surface area contributed by atoms with Crippen molar-refractivity contribution in [3.63, 3.8) is 0 Å². The highest BCUT2D eigenvalue weighted by atomic mass is 19.1. The van der Waals surface area contributed by atoms with Gasteiger partial charge in [-0.15, -0.1) is 0 Å². The highest BCUT2D eigenvalue weighted by Crippen LogP contribution is 2.19. The lowest BCUT2D eigenvalue weighted by Gasteiger charge is -2.25. The maximum Gasteiger partial charge on any atom is 0.225 e. The Labute approximate surface area is 127 Å². The van der Waals surface area contributed by atoms with Crippen molar-refractivity contribution in [3.8, 4) is 11.6 Å². The number of carbonyl (C=O) groups excluding carboxylic acids is 1. The van der Waals surface area contributed by atoms with Gasteiger partial charge in [-0.1, -0.05) is 6.07 Å². The van der Waals surface area contributed by atoms with Crippen molar-refractivity contribution in [2.45, 2.75) is 6.54 Å². The molecule has 0 radical (unpaired) electrons. The fourth-order valence-corrected chi connectivity index (χ4v) is 2.01. The van der Waals surface area contributed by atoms with E-state index in [0.717, 1.165) is 18.7 Å². The largest absolute Gasteiger partial charge is 0.439 e. The van der Waals surface area contributed by atoms with Crippen LogP contribution in [-0.4, -0.2) is 24.0 Å². The number of halogens is 1. The molecule has 1 aliphatic rings. The standard InChI is InChI=1S/C16H16FN3O2/c17-13-2-4-14(5-3-13)22-15-6-1-11(7-19-15)8-20-16(21)12-9-18-10-12/h1-7,12,18H,8-10H2,(H,20,21). The van der Waals surface area contributed by atoms with Gasteiger partial charge < -0.3 is 15.4 Å². The van der Waals surface area contributed by atoms with Crippen molar-refractivity contribution in [3.05, 3.63) is 54.0 Å². The van der Waals surface area contributed by atoms with E-state index < -0.39 is 0 Å². The second-order valence-corrected chi connectivity index (χ2v) is 5.13. The maximum absolute atomic E-state index is 12.8. The Morgan fingerprint density at radius 3 is 2.64 bits per heavy atom. The zero-order chi connectivity index (χ0) is 15.4. The van der Waals surface area contributed by atoms with Crippen LogP contribution < -0.4 is 15.4 Å². The second-order valence-electron chi connectivity index (χ2n) is 5.13. The molecular formula is C16H16FN3O2. The molecule has 0 aliphatic carbocycles. The quantitative estimate of drug-likeness (QED) is 0.884. The molecule has 2 N–H and O–H groups in total. The van der Waals surface area contributed by atoms with E-state index in [1.807, 2.05) is 6.07 Å². The number of carbonyl (C=O) groups is 1. The number of nitrogens with zero attached hydrogens (tertiary/aromatic N) is 1. The van der Waals surface area contributed by atoms with Crippen LogP contribution in [0.15, 0.2) is 42.6 Å². The van der Waals surface area contributed by atoms with Gasteiger partial charge in [-0.2, -0.15) is 0 Å². The average Bonchev–Trinajstić information content (AvgIpc) is 2.47. The smallest absolute Gasteiger partial charge is 0.225 e. The molecule has 5 nitrogen and oxygen atoms in total. The minimum atomic E-state index is -0.312. The van der Waals surface area contributed by atoms with Gasteiger partial charge >= 0.3 is 0 Å². The Hall–Kier alpha value is -2.47. The Morgan fingerprint density at radius 2 is 2.05 bits per heavy atom. The number of pyridine rings is 1. The summed E-state index contributed by atoms with van der Waals surface area (Å²) in [4.78, 5) is 15.9. The van der Waals surface area contributed by atoms with E-state index in [1.165, 1.54) is 24.3 Å². The van der Waals surface area contributed by atoms with Gasteiger partial charge in [-0.3, -0.25) is 4.79 Å². The lowest BCUT2D eigenvalue weighted by atomic mass is 10.0. The van der Waals surface area contributed by atoms with Crippen LogP contribution in [0.2, 0.25) is 0 Å². The molecule has 0 atom stereocenters. The van der Waals surface area contributed by atoms with E-state index in [2.05, 4.69) is 15.6 Å². The summed E-state index contributed by atoms with van der Waals surface area (Å²) in [6.45, 7) is 1.93. The SMILES string of the molecule is O=C(NCc1ccc(Oc2ccc(F)cc2)nc1)C1CNC1. The minimum Gasteiger partial charge on any atom is -0.439 e. The van der Waals surface area contributed by atoms with E-state index in [1.54, 1.807) is 12.3 Å². The first kappa shape index (κ1) is 14.5. The molecule has 1 saturated heterocycles. The first-order valence-electron chi connectivity index (χ1n) is 7.07. The summed E-state index contributed by atoms with van der Waals surface area (Å²) in [5.41, 5.74) is 0.895. The number of aromatic nitrogens is 1.